The lowest BCUT2D eigenvalue weighted by Crippen LogP contribution is -2.68. The van der Waals surface area contributed by atoms with Crippen LogP contribution in [0.5, 0.6) is 0 Å². The molecule has 0 unspecified atom stereocenters. The Morgan fingerprint density at radius 3 is 2.37 bits per heavy atom. The Morgan fingerprint density at radius 2 is 1.66 bits per heavy atom. The number of hydrogen-bond donors (Lipinski definition) is 5. The van der Waals surface area contributed by atoms with Gasteiger partial charge in [0.1, 0.15) is 11.9 Å². The molecule has 0 amide bonds. The first-order valence-electron chi connectivity index (χ1n) is 27.6. The first-order chi connectivity index (χ1) is 33.0. The number of benzene rings is 1. The van der Waals surface area contributed by atoms with Gasteiger partial charge < -0.3 is 39.5 Å². The van der Waals surface area contributed by atoms with Crippen molar-refractivity contribution in [2.45, 2.75) is 207 Å². The summed E-state index contributed by atoms with van der Waals surface area (Å²) < 4.78 is 14.3. The van der Waals surface area contributed by atoms with E-state index in [2.05, 4.69) is 81.7 Å². The largest absolute Gasteiger partial charge is 0.392 e. The summed E-state index contributed by atoms with van der Waals surface area (Å²) >= 11 is 0. The van der Waals surface area contributed by atoms with Gasteiger partial charge in [-0.1, -0.05) is 64.8 Å². The normalized spacial score (nSPS) is 40.7. The van der Waals surface area contributed by atoms with Crippen molar-refractivity contribution in [2.75, 3.05) is 13.2 Å². The number of aromatic amines is 1. The summed E-state index contributed by atoms with van der Waals surface area (Å²) in [5.41, 5.74) is 7.67. The van der Waals surface area contributed by atoms with Gasteiger partial charge in [0.25, 0.3) is 0 Å². The number of nitrogens with one attached hydrogen (secondary N) is 1. The highest BCUT2D eigenvalue weighted by molar-refractivity contribution is 6.02. The second-order valence-corrected chi connectivity index (χ2v) is 26.6. The third-order valence-electron chi connectivity index (χ3n) is 22.0. The monoisotopic (exact) mass is 961 g/mol. The molecule has 5 N–H and O–H groups in total. The highest BCUT2D eigenvalue weighted by Gasteiger charge is 2.73. The lowest BCUT2D eigenvalue weighted by atomic mass is 9.33. The van der Waals surface area contributed by atoms with Crippen molar-refractivity contribution in [3.8, 4) is 0 Å². The van der Waals surface area contributed by atoms with Gasteiger partial charge in [-0.3, -0.25) is 9.59 Å². The zero-order chi connectivity index (χ0) is 49.7. The number of aryl methyl sites for hydroxylation is 2. The molecule has 15 atom stereocenters. The number of epoxide rings is 1. The van der Waals surface area contributed by atoms with Crippen molar-refractivity contribution in [2.24, 2.45) is 56.7 Å². The van der Waals surface area contributed by atoms with Gasteiger partial charge in [0.2, 0.25) is 0 Å². The van der Waals surface area contributed by atoms with E-state index in [1.807, 2.05) is 13.8 Å². The van der Waals surface area contributed by atoms with Gasteiger partial charge in [0, 0.05) is 73.7 Å². The van der Waals surface area contributed by atoms with Crippen molar-refractivity contribution in [1.82, 2.24) is 9.55 Å². The molecule has 0 spiro atoms. The van der Waals surface area contributed by atoms with Crippen molar-refractivity contribution < 1.29 is 39.5 Å². The van der Waals surface area contributed by atoms with Crippen molar-refractivity contribution >= 4 is 22.6 Å². The van der Waals surface area contributed by atoms with Gasteiger partial charge in [-0.05, 0) is 172 Å². The Bertz CT molecular complexity index is 2600. The molecule has 3 aromatic rings. The number of fused-ring (bicyclic) bond motifs is 4. The maximum absolute atomic E-state index is 15.5. The molecule has 6 fully saturated rings. The zero-order valence-corrected chi connectivity index (χ0v) is 43.8. The molecule has 2 saturated heterocycles. The Balaban J connectivity index is 1.02. The number of aliphatic hydroxyl groups is 4. The molecule has 70 heavy (non-hydrogen) atoms. The third-order valence-corrected chi connectivity index (χ3v) is 22.0. The number of aliphatic hydroxyl groups excluding tert-OH is 4. The first kappa shape index (κ1) is 49.1. The van der Waals surface area contributed by atoms with E-state index in [9.17, 15) is 25.2 Å². The van der Waals surface area contributed by atoms with Crippen molar-refractivity contribution in [1.29, 1.82) is 0 Å². The van der Waals surface area contributed by atoms with Gasteiger partial charge in [-0.25, -0.2) is 0 Å². The molecule has 3 aliphatic heterocycles. The number of carbonyl (C=O) groups is 2. The van der Waals surface area contributed by atoms with E-state index in [1.54, 1.807) is 6.92 Å². The van der Waals surface area contributed by atoms with Gasteiger partial charge in [-0.2, -0.15) is 0 Å². The average molecular weight is 961 g/mol. The number of aromatic nitrogens is 2. The maximum atomic E-state index is 15.5. The number of hydrogen-bond acceptors (Lipinski definition) is 8. The van der Waals surface area contributed by atoms with E-state index < -0.39 is 51.7 Å². The minimum absolute atomic E-state index is 0.0634. The average Bonchev–Trinajstić information content (AvgIpc) is 3.78. The number of ether oxygens (including phenoxy) is 2. The lowest BCUT2D eigenvalue weighted by Gasteiger charge is -2.70. The van der Waals surface area contributed by atoms with Crippen LogP contribution in [0.2, 0.25) is 0 Å². The van der Waals surface area contributed by atoms with Crippen molar-refractivity contribution in [3.63, 3.8) is 0 Å². The van der Waals surface area contributed by atoms with Crippen LogP contribution in [0.4, 0.5) is 0 Å². The predicted octanol–water partition coefficient (Wildman–Crippen LogP) is 9.87. The van der Waals surface area contributed by atoms with E-state index in [1.165, 1.54) is 33.3 Å². The highest BCUT2D eigenvalue weighted by Crippen LogP contribution is 2.76. The minimum atomic E-state index is -0.785. The maximum Gasteiger partial charge on any atom is 0.160 e. The summed E-state index contributed by atoms with van der Waals surface area (Å²) in [6.07, 6.45) is 12.4. The van der Waals surface area contributed by atoms with E-state index in [0.29, 0.717) is 50.4 Å². The second-order valence-electron chi connectivity index (χ2n) is 26.6. The number of nitrogens with zero attached hydrogens (tertiary/aromatic N) is 1. The van der Waals surface area contributed by atoms with Crippen LogP contribution < -0.4 is 0 Å². The minimum Gasteiger partial charge on any atom is -0.392 e. The van der Waals surface area contributed by atoms with Crippen LogP contribution >= 0.6 is 0 Å². The molecular formula is C60H84N2O8. The molecule has 10 heteroatoms. The number of ketones is 2. The Hall–Kier alpha value is -3.12. The summed E-state index contributed by atoms with van der Waals surface area (Å²) in [5, 5.41) is 46.9. The quantitative estimate of drug-likeness (QED) is 0.126. The molecule has 2 aromatic heterocycles. The SMILES string of the molecule is Cc1cc(Cc2cn3c4c(c[nH]c24)CC[C@@](C)(C[C@@H](O)[C@H]2OC2(C)C)C2=C4[C@@H](C3)[C@@H](O)[C@@H]3[C@]5(C)CCC(=O)[C@@](C)([C@H]6CC[C@@H](C[C@@H](O)[C@H](C)O)C6)[C@@H]5CC[C@]3(C)[C@@]4(C)CC2=O)cc(C2CCOCC2)c1. The van der Waals surface area contributed by atoms with Crippen LogP contribution in [0, 0.1) is 63.6 Å². The van der Waals surface area contributed by atoms with Crippen LogP contribution in [-0.4, -0.2) is 90.9 Å². The number of carbonyl (C=O) groups excluding carboxylic acids is 2. The smallest absolute Gasteiger partial charge is 0.160 e. The Labute approximate surface area is 416 Å². The fourth-order valence-corrected chi connectivity index (χ4v) is 18.3. The molecule has 0 bridgehead atoms. The topological polar surface area (TPSA) is 158 Å². The molecule has 5 heterocycles. The van der Waals surface area contributed by atoms with Gasteiger partial charge in [0.05, 0.1) is 41.1 Å². The Kier molecular flexibility index (Phi) is 11.9. The van der Waals surface area contributed by atoms with Crippen molar-refractivity contribution in [3.05, 3.63) is 69.6 Å². The van der Waals surface area contributed by atoms with Gasteiger partial charge in [0.15, 0.2) is 5.78 Å². The first-order valence-corrected chi connectivity index (χ1v) is 27.6. The molecule has 1 aromatic carbocycles. The molecule has 382 valence electrons. The van der Waals surface area contributed by atoms with E-state index in [-0.39, 0.29) is 46.9 Å². The lowest BCUT2D eigenvalue weighted by molar-refractivity contribution is -0.227. The molecule has 11 rings (SSSR count). The van der Waals surface area contributed by atoms with Crippen LogP contribution in [0.25, 0.3) is 11.0 Å². The third kappa shape index (κ3) is 7.42. The zero-order valence-electron chi connectivity index (χ0n) is 43.8. The van der Waals surface area contributed by atoms with E-state index in [4.69, 9.17) is 9.47 Å². The predicted molar refractivity (Wildman–Crippen MR) is 271 cm³/mol. The summed E-state index contributed by atoms with van der Waals surface area (Å²) in [6.45, 7) is 21.7. The van der Waals surface area contributed by atoms with Crippen LogP contribution in [0.3, 0.4) is 0 Å². The number of H-pyrrole nitrogens is 1. The van der Waals surface area contributed by atoms with E-state index >= 15 is 4.79 Å². The molecule has 4 saturated carbocycles. The summed E-state index contributed by atoms with van der Waals surface area (Å²) in [4.78, 5) is 34.0. The Morgan fingerprint density at radius 1 is 0.914 bits per heavy atom. The van der Waals surface area contributed by atoms with E-state index in [0.717, 1.165) is 94.1 Å². The van der Waals surface area contributed by atoms with Crippen LogP contribution in [0.15, 0.2) is 41.7 Å². The van der Waals surface area contributed by atoms with Gasteiger partial charge >= 0.3 is 0 Å². The molecule has 5 aliphatic carbocycles. The molecule has 10 nitrogen and oxygen atoms in total. The summed E-state index contributed by atoms with van der Waals surface area (Å²) in [5.74, 6) is 0.975. The van der Waals surface area contributed by atoms with Gasteiger partial charge in [-0.15, -0.1) is 0 Å². The molecular weight excluding hydrogens is 877 g/mol. The molecule has 8 aliphatic rings. The fourth-order valence-electron chi connectivity index (χ4n) is 18.3. The number of allylic oxidation sites excluding steroid dienone is 1. The number of Topliss-reactive ketones (excluding diaryl/α,β-unsaturated/α-hetero) is 2. The second kappa shape index (κ2) is 17.0. The fraction of sp³-hybridized carbons (Fsp3) is 0.733. The molecule has 0 radical (unpaired) electrons. The van der Waals surface area contributed by atoms with Crippen LogP contribution in [0.1, 0.15) is 173 Å². The van der Waals surface area contributed by atoms with Crippen LogP contribution in [-0.2, 0) is 38.4 Å². The highest BCUT2D eigenvalue weighted by atomic mass is 16.6. The standard InChI is InChI=1S/C60H84N2O8/c1-33-22-36(24-39(23-33)37-15-20-69-21-16-37)25-40-31-62-32-42-48-49(56(5,28-45(66)54-55(3,4)70-54)17-12-38-30-61-50(40)51(38)62)44(65)29-59(48,8)58(7)19-13-46-57(6,53(58)52(42)68)18-14-47(67)60(46,9)41-11-10-35(26-41)27-43(64)34(2)63/h22-24,30-31,34-35,37,41-43,45-46,52-54,61,63-64,66,68H,10-21,25-29,32H2,1-9H3/t34-,35+,41-,42+,43+,45+,46+,52+,53+,54+,56-,57+,58-,59-,60-/m0/s1. The summed E-state index contributed by atoms with van der Waals surface area (Å²) in [6, 6.07) is 7.10. The number of rotatable bonds is 10. The summed E-state index contributed by atoms with van der Waals surface area (Å²) in [7, 11) is 0.